The summed E-state index contributed by atoms with van der Waals surface area (Å²) in [5.41, 5.74) is 0.842. The molecule has 1 aromatic heterocycles. The number of halogens is 1. The lowest BCUT2D eigenvalue weighted by Gasteiger charge is -2.18. The molecule has 21 heavy (non-hydrogen) atoms. The molecule has 0 unspecified atom stereocenters. The lowest BCUT2D eigenvalue weighted by atomic mass is 10.1. The van der Waals surface area contributed by atoms with E-state index in [1.54, 1.807) is 36.7 Å². The lowest BCUT2D eigenvalue weighted by Crippen LogP contribution is -2.45. The maximum atomic E-state index is 12.0. The zero-order chi connectivity index (χ0) is 15.6. The van der Waals surface area contributed by atoms with Gasteiger partial charge in [-0.25, -0.2) is 4.79 Å². The molecule has 2 rings (SSSR count). The summed E-state index contributed by atoms with van der Waals surface area (Å²) < 4.78 is 1.75. The Hall–Kier alpha value is -2.01. The smallest absolute Gasteiger partial charge is 0.326 e. The zero-order valence-corrected chi connectivity index (χ0v) is 12.6. The number of benzene rings is 1. The van der Waals surface area contributed by atoms with Gasteiger partial charge in [-0.2, -0.15) is 0 Å². The molecule has 0 fully saturated rings. The highest BCUT2D eigenvalue weighted by Gasteiger charge is 2.23. The number of nitrogens with zero attached hydrogens (tertiary/aromatic N) is 1. The standard InChI is InChI=1S/C15H17ClN2O3/c1-9(2)14(15(20)21)17-13(19)8-18-6-5-10-3-4-11(16)7-12(10)18/h3-7,9,14H,8H2,1-2H3,(H,17,19)(H,20,21)/t14-/m1/s1. The molecule has 0 aliphatic heterocycles. The van der Waals surface area contributed by atoms with Gasteiger partial charge in [0.05, 0.1) is 0 Å². The van der Waals surface area contributed by atoms with Gasteiger partial charge < -0.3 is 15.0 Å². The number of fused-ring (bicyclic) bond motifs is 1. The van der Waals surface area contributed by atoms with E-state index in [0.29, 0.717) is 5.02 Å². The van der Waals surface area contributed by atoms with Crippen molar-refractivity contribution in [1.82, 2.24) is 9.88 Å². The molecule has 1 aromatic carbocycles. The summed E-state index contributed by atoms with van der Waals surface area (Å²) in [6.07, 6.45) is 1.78. The first-order valence-corrected chi connectivity index (χ1v) is 7.03. The molecule has 0 saturated heterocycles. The fourth-order valence-corrected chi connectivity index (χ4v) is 2.35. The molecule has 0 aliphatic carbocycles. The van der Waals surface area contributed by atoms with E-state index in [4.69, 9.17) is 16.7 Å². The summed E-state index contributed by atoms with van der Waals surface area (Å²) in [5.74, 6) is -1.55. The van der Waals surface area contributed by atoms with E-state index in [1.807, 2.05) is 12.1 Å². The molecule has 0 radical (unpaired) electrons. The Bertz CT molecular complexity index is 679. The maximum Gasteiger partial charge on any atom is 0.326 e. The van der Waals surface area contributed by atoms with Crippen molar-refractivity contribution < 1.29 is 14.7 Å². The summed E-state index contributed by atoms with van der Waals surface area (Å²) >= 11 is 5.96. The second-order valence-corrected chi connectivity index (χ2v) is 5.71. The molecule has 0 spiro atoms. The predicted octanol–water partition coefficient (Wildman–Crippen LogP) is 2.52. The molecule has 112 valence electrons. The maximum absolute atomic E-state index is 12.0. The van der Waals surface area contributed by atoms with E-state index in [0.717, 1.165) is 10.9 Å². The minimum Gasteiger partial charge on any atom is -0.480 e. The van der Waals surface area contributed by atoms with Crippen LogP contribution in [0.4, 0.5) is 0 Å². The van der Waals surface area contributed by atoms with Gasteiger partial charge in [-0.15, -0.1) is 0 Å². The monoisotopic (exact) mass is 308 g/mol. The average Bonchev–Trinajstić information content (AvgIpc) is 2.78. The van der Waals surface area contributed by atoms with E-state index in [9.17, 15) is 9.59 Å². The van der Waals surface area contributed by atoms with Gasteiger partial charge in [0.25, 0.3) is 0 Å². The van der Waals surface area contributed by atoms with Crippen LogP contribution in [0.1, 0.15) is 13.8 Å². The second-order valence-electron chi connectivity index (χ2n) is 5.27. The quantitative estimate of drug-likeness (QED) is 0.891. The fraction of sp³-hybridized carbons (Fsp3) is 0.333. The van der Waals surface area contributed by atoms with E-state index >= 15 is 0 Å². The van der Waals surface area contributed by atoms with E-state index < -0.39 is 12.0 Å². The molecule has 0 saturated carbocycles. The van der Waals surface area contributed by atoms with Crippen molar-refractivity contribution in [2.45, 2.75) is 26.4 Å². The molecular formula is C15H17ClN2O3. The van der Waals surface area contributed by atoms with Crippen molar-refractivity contribution in [2.24, 2.45) is 5.92 Å². The van der Waals surface area contributed by atoms with Crippen LogP contribution in [-0.2, 0) is 16.1 Å². The van der Waals surface area contributed by atoms with Gasteiger partial charge in [0.1, 0.15) is 12.6 Å². The Morgan fingerprint density at radius 3 is 2.67 bits per heavy atom. The first kappa shape index (κ1) is 15.4. The van der Waals surface area contributed by atoms with Gasteiger partial charge in [-0.1, -0.05) is 31.5 Å². The van der Waals surface area contributed by atoms with E-state index in [-0.39, 0.29) is 18.4 Å². The van der Waals surface area contributed by atoms with Crippen molar-refractivity contribution in [3.05, 3.63) is 35.5 Å². The number of carbonyl (C=O) groups excluding carboxylic acids is 1. The normalized spacial score (nSPS) is 12.6. The summed E-state index contributed by atoms with van der Waals surface area (Å²) in [7, 11) is 0. The molecule has 5 nitrogen and oxygen atoms in total. The van der Waals surface area contributed by atoms with Gasteiger partial charge >= 0.3 is 5.97 Å². The number of aliphatic carboxylic acids is 1. The van der Waals surface area contributed by atoms with Crippen molar-refractivity contribution in [1.29, 1.82) is 0 Å². The van der Waals surface area contributed by atoms with Crippen molar-refractivity contribution in [3.63, 3.8) is 0 Å². The van der Waals surface area contributed by atoms with E-state index in [1.165, 1.54) is 0 Å². The minimum absolute atomic E-state index is 0.0559. The van der Waals surface area contributed by atoms with Gasteiger partial charge in [-0.3, -0.25) is 4.79 Å². The number of carbonyl (C=O) groups is 2. The summed E-state index contributed by atoms with van der Waals surface area (Å²) in [4.78, 5) is 23.1. The fourth-order valence-electron chi connectivity index (χ4n) is 2.18. The highest BCUT2D eigenvalue weighted by Crippen LogP contribution is 2.20. The van der Waals surface area contributed by atoms with Crippen molar-refractivity contribution in [3.8, 4) is 0 Å². The van der Waals surface area contributed by atoms with E-state index in [2.05, 4.69) is 5.32 Å². The first-order chi connectivity index (χ1) is 9.88. The molecular weight excluding hydrogens is 292 g/mol. The Kier molecular flexibility index (Phi) is 4.53. The summed E-state index contributed by atoms with van der Waals surface area (Å²) in [6.45, 7) is 3.56. The number of rotatable bonds is 5. The Balaban J connectivity index is 2.14. The predicted molar refractivity (Wildman–Crippen MR) is 81.4 cm³/mol. The van der Waals surface area contributed by atoms with Crippen molar-refractivity contribution in [2.75, 3.05) is 0 Å². The largest absolute Gasteiger partial charge is 0.480 e. The number of carboxylic acids is 1. The number of aromatic nitrogens is 1. The third kappa shape index (κ3) is 3.55. The van der Waals surface area contributed by atoms with Gasteiger partial charge in [-0.05, 0) is 29.5 Å². The Morgan fingerprint density at radius 2 is 2.05 bits per heavy atom. The van der Waals surface area contributed by atoms with Crippen LogP contribution in [0.5, 0.6) is 0 Å². The van der Waals surface area contributed by atoms with Crippen LogP contribution in [0.15, 0.2) is 30.5 Å². The highest BCUT2D eigenvalue weighted by molar-refractivity contribution is 6.31. The summed E-state index contributed by atoms with van der Waals surface area (Å²) in [6, 6.07) is 6.44. The molecule has 1 amide bonds. The number of hydrogen-bond donors (Lipinski definition) is 2. The minimum atomic E-state index is -1.03. The topological polar surface area (TPSA) is 71.3 Å². The molecule has 0 bridgehead atoms. The van der Waals surface area contributed by atoms with Gasteiger partial charge in [0, 0.05) is 16.7 Å². The molecule has 6 heteroatoms. The van der Waals surface area contributed by atoms with Crippen LogP contribution < -0.4 is 5.32 Å². The Labute approximate surface area is 127 Å². The summed E-state index contributed by atoms with van der Waals surface area (Å²) in [5, 5.41) is 13.2. The van der Waals surface area contributed by atoms with Gasteiger partial charge in [0.2, 0.25) is 5.91 Å². The van der Waals surface area contributed by atoms with Crippen LogP contribution in [0.3, 0.4) is 0 Å². The number of carboxylic acid groups (broad SMARTS) is 1. The number of amides is 1. The lowest BCUT2D eigenvalue weighted by molar-refractivity contribution is -0.143. The average molecular weight is 309 g/mol. The molecule has 2 N–H and O–H groups in total. The third-order valence-electron chi connectivity index (χ3n) is 3.30. The van der Waals surface area contributed by atoms with Crippen molar-refractivity contribution >= 4 is 34.4 Å². The second kappa shape index (κ2) is 6.18. The van der Waals surface area contributed by atoms with Crippen LogP contribution >= 0.6 is 11.6 Å². The Morgan fingerprint density at radius 1 is 1.33 bits per heavy atom. The zero-order valence-electron chi connectivity index (χ0n) is 11.8. The van der Waals surface area contributed by atoms with Crippen LogP contribution in [0.25, 0.3) is 10.9 Å². The van der Waals surface area contributed by atoms with Crippen LogP contribution in [0.2, 0.25) is 5.02 Å². The molecule has 1 heterocycles. The number of nitrogens with one attached hydrogen (secondary N) is 1. The molecule has 1 atom stereocenters. The number of hydrogen-bond acceptors (Lipinski definition) is 2. The molecule has 2 aromatic rings. The molecule has 0 aliphatic rings. The third-order valence-corrected chi connectivity index (χ3v) is 3.53. The van der Waals surface area contributed by atoms with Crippen LogP contribution in [-0.4, -0.2) is 27.6 Å². The SMILES string of the molecule is CC(C)[C@@H](NC(=O)Cn1ccc2ccc(Cl)cc21)C(=O)O. The van der Waals surface area contributed by atoms with Gasteiger partial charge in [0.15, 0.2) is 0 Å². The van der Waals surface area contributed by atoms with Crippen LogP contribution in [0, 0.1) is 5.92 Å². The first-order valence-electron chi connectivity index (χ1n) is 6.65. The highest BCUT2D eigenvalue weighted by atomic mass is 35.5.